The molecule has 1 atom stereocenters. The van der Waals surface area contributed by atoms with Crippen molar-refractivity contribution in [3.8, 4) is 22.6 Å². The van der Waals surface area contributed by atoms with Crippen LogP contribution in [0.4, 0.5) is 17.6 Å². The molecule has 1 amide bonds. The van der Waals surface area contributed by atoms with E-state index in [0.29, 0.717) is 43.7 Å². The van der Waals surface area contributed by atoms with Crippen molar-refractivity contribution < 1.29 is 41.7 Å². The number of carbonyl (C=O) groups excluding carboxylic acids is 1. The summed E-state index contributed by atoms with van der Waals surface area (Å²) >= 11 is 0. The maximum atomic E-state index is 14.2. The number of primary amides is 1. The number of rotatable bonds is 10. The van der Waals surface area contributed by atoms with Crippen molar-refractivity contribution in [3.63, 3.8) is 0 Å². The van der Waals surface area contributed by atoms with Gasteiger partial charge in [-0.15, -0.1) is 0 Å². The van der Waals surface area contributed by atoms with Crippen LogP contribution in [0.2, 0.25) is 0 Å². The number of hydrogen-bond acceptors (Lipinski definition) is 6. The molecule has 0 aromatic heterocycles. The number of amides is 1. The summed E-state index contributed by atoms with van der Waals surface area (Å²) in [5.74, 6) is 0.0920. The van der Waals surface area contributed by atoms with E-state index in [9.17, 15) is 27.2 Å². The van der Waals surface area contributed by atoms with E-state index in [1.165, 1.54) is 4.90 Å². The van der Waals surface area contributed by atoms with Gasteiger partial charge in [-0.3, -0.25) is 19.4 Å². The zero-order chi connectivity index (χ0) is 35.3. The summed E-state index contributed by atoms with van der Waals surface area (Å²) in [7, 11) is 3.31. The molecule has 12 heteroatoms. The maximum absolute atomic E-state index is 14.2. The van der Waals surface area contributed by atoms with Crippen molar-refractivity contribution in [2.75, 3.05) is 46.9 Å². The Morgan fingerprint density at radius 2 is 1.50 bits per heavy atom. The van der Waals surface area contributed by atoms with Crippen LogP contribution in [0.1, 0.15) is 50.7 Å². The molecule has 0 bridgehead atoms. The monoisotopic (exact) mass is 675 g/mol. The number of carboxylic acid groups (broad SMARTS) is 1. The summed E-state index contributed by atoms with van der Waals surface area (Å²) in [6.07, 6.45) is -2.17. The molecule has 2 saturated heterocycles. The van der Waals surface area contributed by atoms with Crippen molar-refractivity contribution in [1.29, 1.82) is 0 Å². The summed E-state index contributed by atoms with van der Waals surface area (Å²) in [5, 5.41) is 11.2. The van der Waals surface area contributed by atoms with Gasteiger partial charge in [0.25, 0.3) is 0 Å². The average Bonchev–Trinajstić information content (AvgIpc) is 3.40. The molecule has 0 spiro atoms. The molecule has 48 heavy (non-hydrogen) atoms. The molecule has 2 aliphatic rings. The molecule has 2 aliphatic heterocycles. The van der Waals surface area contributed by atoms with Crippen molar-refractivity contribution >= 4 is 22.6 Å². The van der Waals surface area contributed by atoms with E-state index in [1.54, 1.807) is 28.1 Å². The van der Waals surface area contributed by atoms with E-state index in [2.05, 4.69) is 4.90 Å². The van der Waals surface area contributed by atoms with Gasteiger partial charge < -0.3 is 20.3 Å². The number of aliphatic carboxylic acids is 1. The Morgan fingerprint density at radius 1 is 0.917 bits per heavy atom. The second-order valence-corrected chi connectivity index (χ2v) is 13.3. The van der Waals surface area contributed by atoms with Crippen molar-refractivity contribution in [1.82, 2.24) is 9.80 Å². The molecule has 8 nitrogen and oxygen atoms in total. The van der Waals surface area contributed by atoms with Gasteiger partial charge in [-0.1, -0.05) is 36.4 Å². The quantitative estimate of drug-likeness (QED) is 0.233. The second kappa shape index (κ2) is 15.1. The van der Waals surface area contributed by atoms with Crippen LogP contribution in [0.5, 0.6) is 11.5 Å². The van der Waals surface area contributed by atoms with Crippen LogP contribution < -0.4 is 15.2 Å². The number of alkyl halides is 4. The van der Waals surface area contributed by atoms with Gasteiger partial charge in [0.05, 0.1) is 31.7 Å². The van der Waals surface area contributed by atoms with Gasteiger partial charge in [0.15, 0.2) is 0 Å². The standard InChI is InChI=1S/C28H32FNO4.C8H13F3N2O/c1-28(29)12-14-30(15-13-28)18-19-16-24(33-2)27(25(17-19)34-3)23-9-5-7-21-20(10-11-26(31)32)6-4-8-22(21)23;1-7(6(12)14)2-3-13(4-7)5-8(9,10)11/h4-9,16-17H,10-15,18H2,1-3H3,(H,31,32);2-5H2,1H3,(H2,12,14). The first-order chi connectivity index (χ1) is 22.5. The Hall–Kier alpha value is -3.90. The number of halogens is 4. The highest BCUT2D eigenvalue weighted by atomic mass is 19.4. The fourth-order valence-electron chi connectivity index (χ4n) is 6.46. The number of ether oxygens (including phenoxy) is 2. The summed E-state index contributed by atoms with van der Waals surface area (Å²) in [4.78, 5) is 25.5. The lowest BCUT2D eigenvalue weighted by Gasteiger charge is -2.34. The smallest absolute Gasteiger partial charge is 0.401 e. The number of methoxy groups -OCH3 is 2. The van der Waals surface area contributed by atoms with Crippen molar-refractivity contribution in [2.45, 2.75) is 64.3 Å². The first-order valence-corrected chi connectivity index (χ1v) is 16.0. The van der Waals surface area contributed by atoms with E-state index in [1.807, 2.05) is 48.5 Å². The summed E-state index contributed by atoms with van der Waals surface area (Å²) in [6, 6.07) is 16.1. The number of benzene rings is 3. The normalized spacial score (nSPS) is 19.8. The van der Waals surface area contributed by atoms with Crippen LogP contribution >= 0.6 is 0 Å². The van der Waals surface area contributed by atoms with E-state index >= 15 is 0 Å². The van der Waals surface area contributed by atoms with Gasteiger partial charge in [-0.05, 0) is 85.7 Å². The Morgan fingerprint density at radius 3 is 2.04 bits per heavy atom. The molecule has 0 aliphatic carbocycles. The fourth-order valence-corrected chi connectivity index (χ4v) is 6.46. The van der Waals surface area contributed by atoms with Crippen LogP contribution in [0.15, 0.2) is 48.5 Å². The molecule has 2 fully saturated rings. The number of carboxylic acids is 1. The zero-order valence-corrected chi connectivity index (χ0v) is 28.0. The molecule has 3 aromatic carbocycles. The number of likely N-dealkylation sites (tertiary alicyclic amines) is 2. The molecule has 3 N–H and O–H groups in total. The first kappa shape index (κ1) is 36.9. The molecular formula is C36H45F4N3O5. The molecule has 0 radical (unpaired) electrons. The first-order valence-electron chi connectivity index (χ1n) is 16.0. The molecular weight excluding hydrogens is 630 g/mol. The highest BCUT2D eigenvalue weighted by Gasteiger charge is 2.42. The van der Waals surface area contributed by atoms with Crippen LogP contribution in [-0.4, -0.2) is 85.6 Å². The second-order valence-electron chi connectivity index (χ2n) is 13.3. The Labute approximate surface area is 278 Å². The number of nitrogens with zero attached hydrogens (tertiary/aromatic N) is 2. The number of nitrogens with two attached hydrogens (primary N) is 1. The minimum absolute atomic E-state index is 0.0860. The number of carbonyl (C=O) groups is 2. The average molecular weight is 676 g/mol. The molecule has 0 saturated carbocycles. The number of fused-ring (bicyclic) bond motifs is 1. The fraction of sp³-hybridized carbons (Fsp3) is 0.500. The molecule has 1 unspecified atom stereocenters. The van der Waals surface area contributed by atoms with Crippen LogP contribution in [0.25, 0.3) is 21.9 Å². The van der Waals surface area contributed by atoms with E-state index in [-0.39, 0.29) is 19.5 Å². The predicted molar refractivity (Wildman–Crippen MR) is 177 cm³/mol. The van der Waals surface area contributed by atoms with Crippen LogP contribution in [0.3, 0.4) is 0 Å². The third-order valence-electron chi connectivity index (χ3n) is 9.31. The van der Waals surface area contributed by atoms with Crippen LogP contribution in [0, 0.1) is 5.41 Å². The minimum atomic E-state index is -4.21. The zero-order valence-electron chi connectivity index (χ0n) is 28.0. The topological polar surface area (TPSA) is 105 Å². The van der Waals surface area contributed by atoms with E-state index in [0.717, 1.165) is 46.1 Å². The minimum Gasteiger partial charge on any atom is -0.496 e. The molecule has 5 rings (SSSR count). The van der Waals surface area contributed by atoms with Gasteiger partial charge in [0.2, 0.25) is 5.91 Å². The van der Waals surface area contributed by atoms with Crippen molar-refractivity contribution in [2.24, 2.45) is 11.1 Å². The number of aryl methyl sites for hydroxylation is 1. The highest BCUT2D eigenvalue weighted by Crippen LogP contribution is 2.43. The molecule has 3 aromatic rings. The Kier molecular flexibility index (Phi) is 11.6. The van der Waals surface area contributed by atoms with Gasteiger partial charge in [-0.25, -0.2) is 4.39 Å². The lowest BCUT2D eigenvalue weighted by molar-refractivity contribution is -0.145. The SMILES string of the molecule is CC1(C(N)=O)CCN(CC(F)(F)F)C1.COc1cc(CN2CCC(C)(F)CC2)cc(OC)c1-c1cccc2c(CCC(=O)O)cccc12. The predicted octanol–water partition coefficient (Wildman–Crippen LogP) is 6.61. The van der Waals surface area contributed by atoms with E-state index in [4.69, 9.17) is 20.3 Å². The maximum Gasteiger partial charge on any atom is 0.401 e. The van der Waals surface area contributed by atoms with Gasteiger partial charge >= 0.3 is 12.1 Å². The Bertz CT molecular complexity index is 1580. The molecule has 262 valence electrons. The Balaban J connectivity index is 0.000000312. The van der Waals surface area contributed by atoms with E-state index < -0.39 is 35.7 Å². The van der Waals surface area contributed by atoms with Gasteiger partial charge in [0.1, 0.15) is 17.2 Å². The lowest BCUT2D eigenvalue weighted by Crippen LogP contribution is -2.39. The number of piperidine rings is 1. The lowest BCUT2D eigenvalue weighted by atomic mass is 9.89. The number of hydrogen-bond donors (Lipinski definition) is 2. The third-order valence-corrected chi connectivity index (χ3v) is 9.31. The molecule has 2 heterocycles. The van der Waals surface area contributed by atoms with Crippen LogP contribution in [-0.2, 0) is 22.6 Å². The van der Waals surface area contributed by atoms with Crippen molar-refractivity contribution in [3.05, 3.63) is 59.7 Å². The van der Waals surface area contributed by atoms with Gasteiger partial charge in [-0.2, -0.15) is 13.2 Å². The largest absolute Gasteiger partial charge is 0.496 e. The van der Waals surface area contributed by atoms with Gasteiger partial charge in [0, 0.05) is 32.6 Å². The third kappa shape index (κ3) is 9.37. The summed E-state index contributed by atoms with van der Waals surface area (Å²) in [6.45, 7) is 4.85. The summed E-state index contributed by atoms with van der Waals surface area (Å²) in [5.41, 5.74) is 7.13. The highest BCUT2D eigenvalue weighted by molar-refractivity contribution is 6.01. The summed E-state index contributed by atoms with van der Waals surface area (Å²) < 4.78 is 61.9.